The van der Waals surface area contributed by atoms with E-state index in [9.17, 15) is 23.9 Å². The van der Waals surface area contributed by atoms with Crippen LogP contribution in [-0.2, 0) is 27.2 Å². The highest BCUT2D eigenvalue weighted by Crippen LogP contribution is 2.12. The van der Waals surface area contributed by atoms with Gasteiger partial charge in [0.25, 0.3) is 0 Å². The molecule has 0 saturated heterocycles. The highest BCUT2D eigenvalue weighted by Gasteiger charge is 2.27. The van der Waals surface area contributed by atoms with Gasteiger partial charge < -0.3 is 15.7 Å². The number of aliphatic carboxylic acids is 1. The number of hydrogen-bond acceptors (Lipinski definition) is 3. The first kappa shape index (κ1) is 21.4. The molecule has 2 amide bonds. The maximum absolute atomic E-state index is 13.9. The largest absolute Gasteiger partial charge is 0.480 e. The summed E-state index contributed by atoms with van der Waals surface area (Å²) in [5.41, 5.74) is 0.906. The van der Waals surface area contributed by atoms with E-state index >= 15 is 0 Å². The highest BCUT2D eigenvalue weighted by atomic mass is 35.5. The molecule has 2 aromatic carbocycles. The van der Waals surface area contributed by atoms with Crippen molar-refractivity contribution in [2.45, 2.75) is 31.8 Å². The van der Waals surface area contributed by atoms with Gasteiger partial charge in [0, 0.05) is 24.8 Å². The molecule has 3 N–H and O–H groups in total. The van der Waals surface area contributed by atoms with Crippen LogP contribution >= 0.6 is 11.6 Å². The van der Waals surface area contributed by atoms with Gasteiger partial charge >= 0.3 is 5.97 Å². The van der Waals surface area contributed by atoms with E-state index in [1.54, 1.807) is 30.3 Å². The predicted octanol–water partition coefficient (Wildman–Crippen LogP) is 2.34. The van der Waals surface area contributed by atoms with E-state index in [2.05, 4.69) is 10.6 Å². The van der Waals surface area contributed by atoms with Crippen molar-refractivity contribution in [3.8, 4) is 0 Å². The Morgan fingerprint density at radius 1 is 1.00 bits per heavy atom. The topological polar surface area (TPSA) is 95.5 Å². The fourth-order valence-electron chi connectivity index (χ4n) is 2.67. The summed E-state index contributed by atoms with van der Waals surface area (Å²) in [5, 5.41) is 14.8. The molecule has 0 aromatic heterocycles. The first-order valence-electron chi connectivity index (χ1n) is 8.54. The zero-order valence-corrected chi connectivity index (χ0v) is 15.9. The number of carboxylic acids is 1. The van der Waals surface area contributed by atoms with E-state index in [0.29, 0.717) is 10.6 Å². The second-order valence-electron chi connectivity index (χ2n) is 6.28. The normalized spacial score (nSPS) is 12.7. The lowest BCUT2D eigenvalue weighted by molar-refractivity contribution is -0.142. The van der Waals surface area contributed by atoms with Crippen LogP contribution in [0.3, 0.4) is 0 Å². The minimum absolute atomic E-state index is 0.0325. The molecule has 0 saturated carbocycles. The summed E-state index contributed by atoms with van der Waals surface area (Å²) >= 11 is 5.82. The Bertz CT molecular complexity index is 858. The third kappa shape index (κ3) is 6.35. The summed E-state index contributed by atoms with van der Waals surface area (Å²) in [5.74, 6) is -2.93. The molecular formula is C20H20ClFN2O4. The Kier molecular flexibility index (Phi) is 7.52. The van der Waals surface area contributed by atoms with Crippen LogP contribution in [0.25, 0.3) is 0 Å². The molecule has 0 aliphatic rings. The Labute approximate surface area is 166 Å². The second-order valence-corrected chi connectivity index (χ2v) is 6.72. The van der Waals surface area contributed by atoms with Crippen LogP contribution in [0, 0.1) is 5.82 Å². The van der Waals surface area contributed by atoms with Crippen molar-refractivity contribution >= 4 is 29.4 Å². The lowest BCUT2D eigenvalue weighted by atomic mass is 10.0. The van der Waals surface area contributed by atoms with Crippen LogP contribution in [0.2, 0.25) is 5.02 Å². The number of carbonyl (C=O) groups is 3. The molecule has 0 heterocycles. The second kappa shape index (κ2) is 9.85. The predicted molar refractivity (Wildman–Crippen MR) is 102 cm³/mol. The van der Waals surface area contributed by atoms with Gasteiger partial charge in [-0.05, 0) is 29.3 Å². The number of amides is 2. The van der Waals surface area contributed by atoms with E-state index in [1.807, 2.05) is 0 Å². The molecule has 0 aliphatic carbocycles. The van der Waals surface area contributed by atoms with Crippen LogP contribution in [0.4, 0.5) is 4.39 Å². The summed E-state index contributed by atoms with van der Waals surface area (Å²) in [6.45, 7) is 1.23. The Balaban J connectivity index is 2.14. The zero-order valence-electron chi connectivity index (χ0n) is 15.1. The molecule has 148 valence electrons. The standard InChI is InChI=1S/C20H20ClFN2O4/c1-12(25)23-17(11-14-4-2-3-5-16(14)22)19(26)24-18(20(27)28)10-13-6-8-15(21)9-7-13/h2-9,17-18H,10-11H2,1H3,(H,23,25)(H,24,26)(H,27,28)/t17-,18+/m0/s1. The third-order valence-electron chi connectivity index (χ3n) is 4.04. The van der Waals surface area contributed by atoms with E-state index < -0.39 is 35.7 Å². The fourth-order valence-corrected chi connectivity index (χ4v) is 2.79. The Hall–Kier alpha value is -2.93. The van der Waals surface area contributed by atoms with Crippen LogP contribution in [0.1, 0.15) is 18.1 Å². The average Bonchev–Trinajstić information content (AvgIpc) is 2.63. The molecule has 0 spiro atoms. The van der Waals surface area contributed by atoms with Gasteiger partial charge in [-0.25, -0.2) is 9.18 Å². The molecule has 2 atom stereocenters. The van der Waals surface area contributed by atoms with Crippen molar-refractivity contribution in [2.75, 3.05) is 0 Å². The minimum Gasteiger partial charge on any atom is -0.480 e. The monoisotopic (exact) mass is 406 g/mol. The van der Waals surface area contributed by atoms with Gasteiger partial charge in [-0.1, -0.05) is 41.9 Å². The van der Waals surface area contributed by atoms with Crippen molar-refractivity contribution in [3.05, 3.63) is 70.5 Å². The van der Waals surface area contributed by atoms with Crippen molar-refractivity contribution < 1.29 is 23.9 Å². The smallest absolute Gasteiger partial charge is 0.326 e. The van der Waals surface area contributed by atoms with E-state index in [1.165, 1.54) is 25.1 Å². The van der Waals surface area contributed by atoms with Crippen LogP contribution in [0.5, 0.6) is 0 Å². The highest BCUT2D eigenvalue weighted by molar-refractivity contribution is 6.30. The Morgan fingerprint density at radius 2 is 1.64 bits per heavy atom. The van der Waals surface area contributed by atoms with Gasteiger partial charge in [-0.2, -0.15) is 0 Å². The molecule has 0 bridgehead atoms. The third-order valence-corrected chi connectivity index (χ3v) is 4.30. The van der Waals surface area contributed by atoms with Gasteiger partial charge in [-0.15, -0.1) is 0 Å². The van der Waals surface area contributed by atoms with Crippen molar-refractivity contribution in [1.29, 1.82) is 0 Å². The quantitative estimate of drug-likeness (QED) is 0.627. The number of rotatable bonds is 8. The minimum atomic E-state index is -1.23. The van der Waals surface area contributed by atoms with Gasteiger partial charge in [0.05, 0.1) is 0 Å². The molecule has 2 rings (SSSR count). The van der Waals surface area contributed by atoms with E-state index in [0.717, 1.165) is 0 Å². The molecule has 0 fully saturated rings. The molecule has 8 heteroatoms. The average molecular weight is 407 g/mol. The zero-order chi connectivity index (χ0) is 20.7. The summed E-state index contributed by atoms with van der Waals surface area (Å²) in [6, 6.07) is 10.1. The molecule has 0 aliphatic heterocycles. The lowest BCUT2D eigenvalue weighted by Crippen LogP contribution is -2.52. The summed E-state index contributed by atoms with van der Waals surface area (Å²) in [7, 11) is 0. The first-order chi connectivity index (χ1) is 13.3. The Morgan fingerprint density at radius 3 is 2.21 bits per heavy atom. The van der Waals surface area contributed by atoms with Crippen molar-refractivity contribution in [3.63, 3.8) is 0 Å². The number of carboxylic acid groups (broad SMARTS) is 1. The number of benzene rings is 2. The summed E-state index contributed by atoms with van der Waals surface area (Å²) in [6.07, 6.45) is -0.0733. The van der Waals surface area contributed by atoms with Gasteiger partial charge in [0.15, 0.2) is 0 Å². The lowest BCUT2D eigenvalue weighted by Gasteiger charge is -2.21. The number of nitrogens with one attached hydrogen (secondary N) is 2. The van der Waals surface area contributed by atoms with Crippen molar-refractivity contribution in [1.82, 2.24) is 10.6 Å². The molecule has 2 aromatic rings. The van der Waals surface area contributed by atoms with Gasteiger partial charge in [-0.3, -0.25) is 9.59 Å². The number of carbonyl (C=O) groups excluding carboxylic acids is 2. The molecule has 28 heavy (non-hydrogen) atoms. The van der Waals surface area contributed by atoms with Gasteiger partial charge in [0.2, 0.25) is 11.8 Å². The molecule has 0 radical (unpaired) electrons. The maximum atomic E-state index is 13.9. The van der Waals surface area contributed by atoms with Crippen molar-refractivity contribution in [2.24, 2.45) is 0 Å². The maximum Gasteiger partial charge on any atom is 0.326 e. The van der Waals surface area contributed by atoms with Crippen LogP contribution in [-0.4, -0.2) is 35.0 Å². The number of halogens is 2. The summed E-state index contributed by atoms with van der Waals surface area (Å²) < 4.78 is 13.9. The summed E-state index contributed by atoms with van der Waals surface area (Å²) in [4.78, 5) is 35.7. The molecule has 6 nitrogen and oxygen atoms in total. The molecule has 0 unspecified atom stereocenters. The number of hydrogen-bond donors (Lipinski definition) is 3. The fraction of sp³-hybridized carbons (Fsp3) is 0.250. The van der Waals surface area contributed by atoms with E-state index in [-0.39, 0.29) is 18.4 Å². The van der Waals surface area contributed by atoms with Crippen LogP contribution in [0.15, 0.2) is 48.5 Å². The molecular weight excluding hydrogens is 387 g/mol. The first-order valence-corrected chi connectivity index (χ1v) is 8.92. The van der Waals surface area contributed by atoms with E-state index in [4.69, 9.17) is 11.6 Å². The van der Waals surface area contributed by atoms with Gasteiger partial charge in [0.1, 0.15) is 17.9 Å². The van der Waals surface area contributed by atoms with Crippen LogP contribution < -0.4 is 10.6 Å². The SMILES string of the molecule is CC(=O)N[C@@H](Cc1ccccc1F)C(=O)N[C@H](Cc1ccc(Cl)cc1)C(=O)O.